The Labute approximate surface area is 160 Å². The van der Waals surface area contributed by atoms with E-state index in [4.69, 9.17) is 4.74 Å². The fourth-order valence-corrected chi connectivity index (χ4v) is 5.84. The van der Waals surface area contributed by atoms with Gasteiger partial charge in [0, 0.05) is 11.3 Å². The maximum Gasteiger partial charge on any atom is 0.341 e. The number of rotatable bonds is 7. The number of esters is 1. The topological polar surface area (TPSA) is 55.4 Å². The predicted octanol–water partition coefficient (Wildman–Crippen LogP) is 5.35. The first-order valence-corrected chi connectivity index (χ1v) is 11.1. The molecular formula is C21H31NO3S. The normalized spacial score (nSPS) is 20.0. The Bertz CT molecular complexity index is 646. The molecule has 0 aromatic carbocycles. The van der Waals surface area contributed by atoms with Crippen molar-refractivity contribution in [2.24, 2.45) is 11.8 Å². The van der Waals surface area contributed by atoms with Gasteiger partial charge < -0.3 is 10.1 Å². The molecule has 0 spiro atoms. The van der Waals surface area contributed by atoms with Gasteiger partial charge in [-0.05, 0) is 56.4 Å². The Morgan fingerprint density at radius 3 is 2.62 bits per heavy atom. The van der Waals surface area contributed by atoms with E-state index < -0.39 is 0 Å². The van der Waals surface area contributed by atoms with Crippen LogP contribution in [-0.4, -0.2) is 18.5 Å². The summed E-state index contributed by atoms with van der Waals surface area (Å²) in [5.74, 6) is 0.967. The Morgan fingerprint density at radius 2 is 1.92 bits per heavy atom. The molecule has 1 aromatic rings. The molecule has 0 saturated heterocycles. The van der Waals surface area contributed by atoms with Gasteiger partial charge >= 0.3 is 5.97 Å². The van der Waals surface area contributed by atoms with E-state index in [1.807, 2.05) is 6.92 Å². The van der Waals surface area contributed by atoms with Gasteiger partial charge in [0.1, 0.15) is 5.00 Å². The molecule has 144 valence electrons. The van der Waals surface area contributed by atoms with Crippen LogP contribution >= 0.6 is 11.3 Å². The van der Waals surface area contributed by atoms with Gasteiger partial charge in [-0.2, -0.15) is 0 Å². The first-order valence-electron chi connectivity index (χ1n) is 10.2. The number of fused-ring (bicyclic) bond motifs is 1. The second kappa shape index (κ2) is 9.03. The molecule has 1 saturated carbocycles. The van der Waals surface area contributed by atoms with E-state index in [0.29, 0.717) is 35.4 Å². The number of amides is 1. The highest BCUT2D eigenvalue weighted by molar-refractivity contribution is 7.17. The van der Waals surface area contributed by atoms with Crippen LogP contribution in [0.25, 0.3) is 0 Å². The molecule has 1 atom stereocenters. The number of thiophene rings is 1. The van der Waals surface area contributed by atoms with Gasteiger partial charge in [-0.25, -0.2) is 4.79 Å². The summed E-state index contributed by atoms with van der Waals surface area (Å²) in [7, 11) is 0. The first kappa shape index (κ1) is 19.4. The Morgan fingerprint density at radius 1 is 1.15 bits per heavy atom. The van der Waals surface area contributed by atoms with Crippen LogP contribution < -0.4 is 5.32 Å². The number of anilines is 1. The summed E-state index contributed by atoms with van der Waals surface area (Å²) in [6, 6.07) is 0. The van der Waals surface area contributed by atoms with Crippen LogP contribution in [-0.2, 0) is 22.4 Å². The molecule has 0 bridgehead atoms. The fraction of sp³-hybridized carbons (Fsp3) is 0.714. The van der Waals surface area contributed by atoms with Crippen molar-refractivity contribution in [3.63, 3.8) is 0 Å². The van der Waals surface area contributed by atoms with Crippen LogP contribution in [0.3, 0.4) is 0 Å². The number of hydrogen-bond acceptors (Lipinski definition) is 4. The molecule has 2 aliphatic carbocycles. The second-order valence-electron chi connectivity index (χ2n) is 7.73. The molecule has 5 heteroatoms. The van der Waals surface area contributed by atoms with E-state index >= 15 is 0 Å². The zero-order valence-electron chi connectivity index (χ0n) is 16.1. The van der Waals surface area contributed by atoms with E-state index in [0.717, 1.165) is 37.7 Å². The third-order valence-electron chi connectivity index (χ3n) is 5.75. The molecule has 26 heavy (non-hydrogen) atoms. The molecule has 0 aliphatic heterocycles. The lowest BCUT2D eigenvalue weighted by molar-refractivity contribution is -0.117. The maximum atomic E-state index is 12.6. The van der Waals surface area contributed by atoms with Gasteiger partial charge in [0.2, 0.25) is 5.91 Å². The summed E-state index contributed by atoms with van der Waals surface area (Å²) < 4.78 is 5.30. The van der Waals surface area contributed by atoms with E-state index in [1.54, 1.807) is 11.3 Å². The van der Waals surface area contributed by atoms with Gasteiger partial charge in [0.25, 0.3) is 0 Å². The average molecular weight is 378 g/mol. The van der Waals surface area contributed by atoms with E-state index in [2.05, 4.69) is 12.2 Å². The fourth-order valence-electron chi connectivity index (χ4n) is 4.47. The SMILES string of the molecule is CCCC1CCc2c(sc(NC(=O)CC3CCCC3)c2C(=O)OCC)C1. The van der Waals surface area contributed by atoms with E-state index in [9.17, 15) is 9.59 Å². The first-order chi connectivity index (χ1) is 12.6. The van der Waals surface area contributed by atoms with Crippen LogP contribution in [0.1, 0.15) is 86.0 Å². The largest absolute Gasteiger partial charge is 0.462 e. The maximum absolute atomic E-state index is 12.6. The second-order valence-corrected chi connectivity index (χ2v) is 8.83. The average Bonchev–Trinajstić information content (AvgIpc) is 3.22. The summed E-state index contributed by atoms with van der Waals surface area (Å²) in [6.45, 7) is 4.41. The number of carbonyl (C=O) groups is 2. The van der Waals surface area contributed by atoms with Crippen LogP contribution in [0.15, 0.2) is 0 Å². The zero-order valence-corrected chi connectivity index (χ0v) is 16.9. The third kappa shape index (κ3) is 4.48. The van der Waals surface area contributed by atoms with Crippen molar-refractivity contribution >= 4 is 28.2 Å². The monoisotopic (exact) mass is 377 g/mol. The summed E-state index contributed by atoms with van der Waals surface area (Å²) in [5, 5.41) is 3.78. The number of carbonyl (C=O) groups excluding carboxylic acids is 2. The minimum atomic E-state index is -0.282. The molecule has 1 N–H and O–H groups in total. The van der Waals surface area contributed by atoms with Crippen LogP contribution in [0.2, 0.25) is 0 Å². The molecule has 1 aromatic heterocycles. The minimum absolute atomic E-state index is 0.0474. The highest BCUT2D eigenvalue weighted by atomic mass is 32.1. The van der Waals surface area contributed by atoms with E-state index in [1.165, 1.54) is 30.6 Å². The van der Waals surface area contributed by atoms with E-state index in [-0.39, 0.29) is 11.9 Å². The van der Waals surface area contributed by atoms with Gasteiger partial charge in [0.05, 0.1) is 12.2 Å². The number of hydrogen-bond donors (Lipinski definition) is 1. The molecule has 4 nitrogen and oxygen atoms in total. The van der Waals surface area contributed by atoms with Gasteiger partial charge in [-0.3, -0.25) is 4.79 Å². The summed E-state index contributed by atoms with van der Waals surface area (Å²) in [4.78, 5) is 26.4. The zero-order chi connectivity index (χ0) is 18.5. The van der Waals surface area contributed by atoms with Crippen molar-refractivity contribution in [3.8, 4) is 0 Å². The van der Waals surface area contributed by atoms with Gasteiger partial charge in [-0.1, -0.05) is 32.6 Å². The highest BCUT2D eigenvalue weighted by Crippen LogP contribution is 2.41. The smallest absolute Gasteiger partial charge is 0.341 e. The highest BCUT2D eigenvalue weighted by Gasteiger charge is 2.30. The molecule has 1 fully saturated rings. The lowest BCUT2D eigenvalue weighted by atomic mass is 9.84. The quantitative estimate of drug-likeness (QED) is 0.652. The number of nitrogens with one attached hydrogen (secondary N) is 1. The Hall–Kier alpha value is -1.36. The van der Waals surface area contributed by atoms with Crippen LogP contribution in [0.5, 0.6) is 0 Å². The van der Waals surface area contributed by atoms with Crippen molar-refractivity contribution in [2.45, 2.75) is 78.1 Å². The van der Waals surface area contributed by atoms with Gasteiger partial charge in [-0.15, -0.1) is 11.3 Å². The third-order valence-corrected chi connectivity index (χ3v) is 6.92. The molecule has 1 unspecified atom stereocenters. The lowest BCUT2D eigenvalue weighted by Gasteiger charge is -2.21. The molecule has 2 aliphatic rings. The standard InChI is InChI=1S/C21H31NO3S/c1-3-7-14-10-11-16-17(12-14)26-20(19(16)21(24)25-4-2)22-18(23)13-15-8-5-6-9-15/h14-15H,3-13H2,1-2H3,(H,22,23). The Balaban J connectivity index is 1.78. The Kier molecular flexibility index (Phi) is 6.74. The van der Waals surface area contributed by atoms with Crippen molar-refractivity contribution in [1.82, 2.24) is 0 Å². The molecule has 3 rings (SSSR count). The van der Waals surface area contributed by atoms with Crippen LogP contribution in [0, 0.1) is 11.8 Å². The van der Waals surface area contributed by atoms with Crippen molar-refractivity contribution in [2.75, 3.05) is 11.9 Å². The lowest BCUT2D eigenvalue weighted by Crippen LogP contribution is -2.18. The van der Waals surface area contributed by atoms with Crippen molar-refractivity contribution < 1.29 is 14.3 Å². The summed E-state index contributed by atoms with van der Waals surface area (Å²) in [5.41, 5.74) is 1.75. The van der Waals surface area contributed by atoms with Crippen LogP contribution in [0.4, 0.5) is 5.00 Å². The molecule has 1 amide bonds. The predicted molar refractivity (Wildman–Crippen MR) is 106 cm³/mol. The minimum Gasteiger partial charge on any atom is -0.462 e. The molecular weight excluding hydrogens is 346 g/mol. The van der Waals surface area contributed by atoms with Gasteiger partial charge in [0.15, 0.2) is 0 Å². The summed E-state index contributed by atoms with van der Waals surface area (Å²) in [6.07, 6.45) is 10.8. The van der Waals surface area contributed by atoms with Crippen molar-refractivity contribution in [3.05, 3.63) is 16.0 Å². The molecule has 0 radical (unpaired) electrons. The summed E-state index contributed by atoms with van der Waals surface area (Å²) >= 11 is 1.60. The van der Waals surface area contributed by atoms with Crippen molar-refractivity contribution in [1.29, 1.82) is 0 Å². The number of ether oxygens (including phenoxy) is 1. The molecule has 1 heterocycles.